The molecule has 0 saturated heterocycles. The van der Waals surface area contributed by atoms with Gasteiger partial charge in [-0.05, 0) is 71.2 Å². The number of fused-ring (bicyclic) bond motifs is 2. The molecule has 8 heteroatoms. The second-order valence-electron chi connectivity index (χ2n) is 8.82. The minimum absolute atomic E-state index is 0.445. The molecule has 2 aromatic heterocycles. The summed E-state index contributed by atoms with van der Waals surface area (Å²) in [5, 5.41) is 15.1. The van der Waals surface area contributed by atoms with Crippen molar-refractivity contribution in [2.45, 2.75) is 59.2 Å². The van der Waals surface area contributed by atoms with Gasteiger partial charge in [0.25, 0.3) is 0 Å². The lowest BCUT2D eigenvalue weighted by atomic mass is 9.96. The molecule has 0 spiro atoms. The third-order valence-electron chi connectivity index (χ3n) is 5.23. The Bertz CT molecular complexity index is 1180. The minimum Gasteiger partial charge on any atom is -0.493 e. The largest absolute Gasteiger partial charge is 0.493 e. The van der Waals surface area contributed by atoms with E-state index >= 15 is 0 Å². The molecule has 0 fully saturated rings. The second kappa shape index (κ2) is 7.80. The second-order valence-corrected chi connectivity index (χ2v) is 9.20. The predicted molar refractivity (Wildman–Crippen MR) is 118 cm³/mol. The van der Waals surface area contributed by atoms with E-state index in [0.717, 1.165) is 29.7 Å². The summed E-state index contributed by atoms with van der Waals surface area (Å²) in [5.74, 6) is -0.231. The average molecular weight is 444 g/mol. The lowest BCUT2D eigenvalue weighted by Gasteiger charge is -2.28. The number of aromatic nitrogens is 3. The summed E-state index contributed by atoms with van der Waals surface area (Å²) in [6.45, 7) is 9.77. The van der Waals surface area contributed by atoms with E-state index in [-0.39, 0.29) is 0 Å². The normalized spacial score (nSPS) is 14.9. The smallest absolute Gasteiger partial charge is 0.337 e. The summed E-state index contributed by atoms with van der Waals surface area (Å²) < 4.78 is 13.4. The number of nitrogens with zero attached hydrogens (tertiary/aromatic N) is 3. The van der Waals surface area contributed by atoms with Crippen LogP contribution in [0, 0.1) is 13.8 Å². The standard InChI is InChI=1S/C23H26ClN3O4/c1-12-17(20(22(28)29)31-23(3,4)5)19(27-21(25-12)18(24)13(2)26-27)15-8-9-16-14(11-15)7-6-10-30-16/h8-9,11,20H,6-7,10H2,1-5H3,(H,28,29). The van der Waals surface area contributed by atoms with E-state index in [1.54, 1.807) is 18.4 Å². The van der Waals surface area contributed by atoms with E-state index in [1.807, 2.05) is 39.0 Å². The van der Waals surface area contributed by atoms with Gasteiger partial charge in [-0.2, -0.15) is 5.10 Å². The lowest BCUT2D eigenvalue weighted by Crippen LogP contribution is -2.29. The number of carboxylic acid groups (broad SMARTS) is 1. The van der Waals surface area contributed by atoms with E-state index in [4.69, 9.17) is 21.1 Å². The number of benzene rings is 1. The molecule has 31 heavy (non-hydrogen) atoms. The topological polar surface area (TPSA) is 86.0 Å². The summed E-state index contributed by atoms with van der Waals surface area (Å²) in [6, 6.07) is 5.88. The van der Waals surface area contributed by atoms with Crippen LogP contribution in [0.4, 0.5) is 0 Å². The Morgan fingerprint density at radius 3 is 2.71 bits per heavy atom. The zero-order valence-corrected chi connectivity index (χ0v) is 19.1. The fourth-order valence-corrected chi connectivity index (χ4v) is 4.10. The first-order valence-corrected chi connectivity index (χ1v) is 10.7. The fraction of sp³-hybridized carbons (Fsp3) is 0.435. The van der Waals surface area contributed by atoms with Crippen LogP contribution in [0.1, 0.15) is 55.8 Å². The van der Waals surface area contributed by atoms with E-state index in [0.29, 0.717) is 39.9 Å². The van der Waals surface area contributed by atoms with Crippen molar-refractivity contribution >= 4 is 23.2 Å². The minimum atomic E-state index is -1.22. The zero-order chi connectivity index (χ0) is 22.5. The van der Waals surface area contributed by atoms with Crippen molar-refractivity contribution in [3.8, 4) is 17.0 Å². The van der Waals surface area contributed by atoms with Crippen LogP contribution in [0.3, 0.4) is 0 Å². The van der Waals surface area contributed by atoms with Crippen molar-refractivity contribution in [1.82, 2.24) is 14.6 Å². The van der Waals surface area contributed by atoms with Crippen LogP contribution in [-0.4, -0.2) is 37.9 Å². The van der Waals surface area contributed by atoms with Crippen LogP contribution >= 0.6 is 11.6 Å². The van der Waals surface area contributed by atoms with Crippen LogP contribution < -0.4 is 4.74 Å². The number of aliphatic carboxylic acids is 1. The molecule has 1 unspecified atom stereocenters. The van der Waals surface area contributed by atoms with Gasteiger partial charge in [-0.15, -0.1) is 0 Å². The van der Waals surface area contributed by atoms with Crippen molar-refractivity contribution in [3.05, 3.63) is 45.7 Å². The number of ether oxygens (including phenoxy) is 2. The lowest BCUT2D eigenvalue weighted by molar-refractivity contribution is -0.160. The molecule has 7 nitrogen and oxygen atoms in total. The SMILES string of the molecule is Cc1nc2c(Cl)c(C)nn2c(-c2ccc3c(c2)CCCO3)c1C(OC(C)(C)C)C(=O)O. The first kappa shape index (κ1) is 21.6. The van der Waals surface area contributed by atoms with Crippen LogP contribution in [0.15, 0.2) is 18.2 Å². The molecule has 1 aromatic carbocycles. The summed E-state index contributed by atoms with van der Waals surface area (Å²) in [4.78, 5) is 16.9. The average Bonchev–Trinajstić information content (AvgIpc) is 2.98. The highest BCUT2D eigenvalue weighted by Crippen LogP contribution is 2.38. The van der Waals surface area contributed by atoms with Crippen LogP contribution in [-0.2, 0) is 16.0 Å². The Morgan fingerprint density at radius 1 is 1.29 bits per heavy atom. The van der Waals surface area contributed by atoms with Crippen LogP contribution in [0.25, 0.3) is 16.9 Å². The highest BCUT2D eigenvalue weighted by Gasteiger charge is 2.33. The first-order chi connectivity index (χ1) is 14.6. The molecule has 3 heterocycles. The molecular formula is C23H26ClN3O4. The van der Waals surface area contributed by atoms with E-state index in [1.165, 1.54) is 0 Å². The highest BCUT2D eigenvalue weighted by atomic mass is 35.5. The molecule has 0 saturated carbocycles. The Labute approximate surface area is 186 Å². The summed E-state index contributed by atoms with van der Waals surface area (Å²) >= 11 is 6.48. The quantitative estimate of drug-likeness (QED) is 0.615. The van der Waals surface area contributed by atoms with E-state index in [2.05, 4.69) is 10.1 Å². The van der Waals surface area contributed by atoms with Gasteiger partial charge in [-0.3, -0.25) is 0 Å². The molecule has 1 aliphatic rings. The molecular weight excluding hydrogens is 418 g/mol. The number of hydrogen-bond donors (Lipinski definition) is 1. The molecule has 0 aliphatic carbocycles. The van der Waals surface area contributed by atoms with Gasteiger partial charge in [-0.1, -0.05) is 11.6 Å². The molecule has 0 radical (unpaired) electrons. The third kappa shape index (κ3) is 4.00. The zero-order valence-electron chi connectivity index (χ0n) is 18.3. The van der Waals surface area contributed by atoms with E-state index < -0.39 is 17.7 Å². The number of halogens is 1. The maximum absolute atomic E-state index is 12.3. The third-order valence-corrected chi connectivity index (χ3v) is 5.68. The maximum Gasteiger partial charge on any atom is 0.337 e. The number of rotatable bonds is 4. The highest BCUT2D eigenvalue weighted by molar-refractivity contribution is 6.34. The fourth-order valence-electron chi connectivity index (χ4n) is 3.94. The molecule has 4 rings (SSSR count). The van der Waals surface area contributed by atoms with Crippen molar-refractivity contribution in [3.63, 3.8) is 0 Å². The summed E-state index contributed by atoms with van der Waals surface area (Å²) in [6.07, 6.45) is 0.611. The molecule has 1 atom stereocenters. The molecule has 0 bridgehead atoms. The van der Waals surface area contributed by atoms with Crippen molar-refractivity contribution in [1.29, 1.82) is 0 Å². The van der Waals surface area contributed by atoms with E-state index in [9.17, 15) is 9.90 Å². The van der Waals surface area contributed by atoms with Crippen LogP contribution in [0.2, 0.25) is 5.02 Å². The van der Waals surface area contributed by atoms with Crippen molar-refractivity contribution in [2.75, 3.05) is 6.61 Å². The molecule has 3 aromatic rings. The number of hydrogen-bond acceptors (Lipinski definition) is 5. The Morgan fingerprint density at radius 2 is 2.03 bits per heavy atom. The van der Waals surface area contributed by atoms with Crippen molar-refractivity contribution in [2.24, 2.45) is 0 Å². The maximum atomic E-state index is 12.3. The van der Waals surface area contributed by atoms with Gasteiger partial charge >= 0.3 is 5.97 Å². The summed E-state index contributed by atoms with van der Waals surface area (Å²) in [5.41, 5.74) is 3.95. The number of carbonyl (C=O) groups is 1. The molecule has 164 valence electrons. The molecule has 1 N–H and O–H groups in total. The van der Waals surface area contributed by atoms with Gasteiger partial charge in [0.05, 0.1) is 23.6 Å². The van der Waals surface area contributed by atoms with Gasteiger partial charge in [0.1, 0.15) is 10.8 Å². The molecule has 1 aliphatic heterocycles. The predicted octanol–water partition coefficient (Wildman–Crippen LogP) is 4.93. The Hall–Kier alpha value is -2.64. The summed E-state index contributed by atoms with van der Waals surface area (Å²) in [7, 11) is 0. The number of aryl methyl sites for hydroxylation is 3. The number of carboxylic acids is 1. The monoisotopic (exact) mass is 443 g/mol. The Balaban J connectivity index is 2.04. The Kier molecular flexibility index (Phi) is 5.43. The van der Waals surface area contributed by atoms with Gasteiger partial charge in [0, 0.05) is 16.8 Å². The molecule has 0 amide bonds. The van der Waals surface area contributed by atoms with Gasteiger partial charge < -0.3 is 14.6 Å². The van der Waals surface area contributed by atoms with Gasteiger partial charge in [0.15, 0.2) is 11.8 Å². The van der Waals surface area contributed by atoms with Crippen molar-refractivity contribution < 1.29 is 19.4 Å². The first-order valence-electron chi connectivity index (χ1n) is 10.3. The van der Waals surface area contributed by atoms with Gasteiger partial charge in [0.2, 0.25) is 0 Å². The van der Waals surface area contributed by atoms with Gasteiger partial charge in [-0.25, -0.2) is 14.3 Å². The van der Waals surface area contributed by atoms with Crippen LogP contribution in [0.5, 0.6) is 5.75 Å².